The molecule has 0 aromatic heterocycles. The standard InChI is InChI=1S/C25H17ClFN3O5/c26-16-4-2-5-19(13-16)30-24(33)21(23(32)29-25(30)34)12-15-3-1-6-20(11-15)35-14-22(31)28-18-9-7-17(27)8-10-18/h1-13H,14H2,(H,28,31)(H,29,32,34)/b21-12+. The summed E-state index contributed by atoms with van der Waals surface area (Å²) in [5, 5.41) is 5.03. The molecule has 3 aromatic carbocycles. The molecular weight excluding hydrogens is 477 g/mol. The number of nitrogens with zero attached hydrogens (tertiary/aromatic N) is 1. The molecule has 0 radical (unpaired) electrons. The lowest BCUT2D eigenvalue weighted by Crippen LogP contribution is -2.54. The van der Waals surface area contributed by atoms with Gasteiger partial charge in [-0.1, -0.05) is 29.8 Å². The predicted octanol–water partition coefficient (Wildman–Crippen LogP) is 4.16. The zero-order valence-electron chi connectivity index (χ0n) is 18.0. The minimum absolute atomic E-state index is 0.211. The number of carbonyl (C=O) groups excluding carboxylic acids is 4. The van der Waals surface area contributed by atoms with Crippen LogP contribution < -0.4 is 20.3 Å². The summed E-state index contributed by atoms with van der Waals surface area (Å²) in [6.45, 7) is -0.326. The molecule has 1 saturated heterocycles. The molecule has 10 heteroatoms. The summed E-state index contributed by atoms with van der Waals surface area (Å²) in [6, 6.07) is 16.9. The lowest BCUT2D eigenvalue weighted by Gasteiger charge is -2.26. The maximum Gasteiger partial charge on any atom is 0.335 e. The van der Waals surface area contributed by atoms with Gasteiger partial charge in [0.2, 0.25) is 0 Å². The first-order valence-corrected chi connectivity index (χ1v) is 10.6. The molecule has 35 heavy (non-hydrogen) atoms. The molecule has 8 nitrogen and oxygen atoms in total. The van der Waals surface area contributed by atoms with E-state index in [1.165, 1.54) is 48.5 Å². The fourth-order valence-electron chi connectivity index (χ4n) is 3.25. The van der Waals surface area contributed by atoms with Crippen LogP contribution in [0.1, 0.15) is 5.56 Å². The van der Waals surface area contributed by atoms with E-state index in [2.05, 4.69) is 10.6 Å². The number of ether oxygens (including phenoxy) is 1. The second-order valence-electron chi connectivity index (χ2n) is 7.35. The van der Waals surface area contributed by atoms with E-state index in [0.29, 0.717) is 22.0 Å². The molecule has 0 bridgehead atoms. The fraction of sp³-hybridized carbons (Fsp3) is 0.0400. The summed E-state index contributed by atoms with van der Waals surface area (Å²) in [4.78, 5) is 50.6. The van der Waals surface area contributed by atoms with Gasteiger partial charge in [0.25, 0.3) is 17.7 Å². The number of anilines is 2. The van der Waals surface area contributed by atoms with Crippen molar-refractivity contribution in [3.05, 3.63) is 94.8 Å². The van der Waals surface area contributed by atoms with Crippen molar-refractivity contribution in [1.82, 2.24) is 5.32 Å². The van der Waals surface area contributed by atoms with Gasteiger partial charge in [0, 0.05) is 10.7 Å². The van der Waals surface area contributed by atoms with Gasteiger partial charge in [-0.15, -0.1) is 0 Å². The van der Waals surface area contributed by atoms with Gasteiger partial charge in [0.15, 0.2) is 6.61 Å². The normalized spacial score (nSPS) is 14.6. The van der Waals surface area contributed by atoms with Gasteiger partial charge in [0.1, 0.15) is 17.1 Å². The van der Waals surface area contributed by atoms with Crippen LogP contribution >= 0.6 is 11.6 Å². The average Bonchev–Trinajstić information content (AvgIpc) is 2.82. The molecule has 1 aliphatic heterocycles. The monoisotopic (exact) mass is 493 g/mol. The predicted molar refractivity (Wildman–Crippen MR) is 127 cm³/mol. The summed E-state index contributed by atoms with van der Waals surface area (Å²) < 4.78 is 18.5. The van der Waals surface area contributed by atoms with Gasteiger partial charge in [-0.2, -0.15) is 0 Å². The Morgan fingerprint density at radius 2 is 1.77 bits per heavy atom. The lowest BCUT2D eigenvalue weighted by molar-refractivity contribution is -0.122. The van der Waals surface area contributed by atoms with Crippen LogP contribution in [0.3, 0.4) is 0 Å². The number of barbiturate groups is 1. The second kappa shape index (κ2) is 10.2. The minimum atomic E-state index is -0.885. The number of hydrogen-bond donors (Lipinski definition) is 2. The number of carbonyl (C=O) groups is 4. The Morgan fingerprint density at radius 1 is 1.03 bits per heavy atom. The fourth-order valence-corrected chi connectivity index (χ4v) is 3.43. The Hall–Kier alpha value is -4.50. The summed E-state index contributed by atoms with van der Waals surface area (Å²) in [6.07, 6.45) is 1.31. The van der Waals surface area contributed by atoms with Crippen LogP contribution in [-0.4, -0.2) is 30.4 Å². The quantitative estimate of drug-likeness (QED) is 0.396. The molecule has 3 aromatic rings. The van der Waals surface area contributed by atoms with Crippen molar-refractivity contribution in [3.63, 3.8) is 0 Å². The lowest BCUT2D eigenvalue weighted by atomic mass is 10.1. The SMILES string of the molecule is O=C(COc1cccc(/C=C2\C(=O)NC(=O)N(c3cccc(Cl)c3)C2=O)c1)Nc1ccc(F)cc1. The number of halogens is 2. The van der Waals surface area contributed by atoms with Gasteiger partial charge < -0.3 is 10.1 Å². The van der Waals surface area contributed by atoms with Crippen LogP contribution in [-0.2, 0) is 14.4 Å². The largest absolute Gasteiger partial charge is 0.484 e. The van der Waals surface area contributed by atoms with Crippen LogP contribution in [0.4, 0.5) is 20.6 Å². The van der Waals surface area contributed by atoms with E-state index in [0.717, 1.165) is 4.90 Å². The highest BCUT2D eigenvalue weighted by molar-refractivity contribution is 6.39. The Labute approximate surface area is 203 Å². The zero-order valence-corrected chi connectivity index (χ0v) is 18.7. The molecule has 176 valence electrons. The summed E-state index contributed by atoms with van der Waals surface area (Å²) in [7, 11) is 0. The Balaban J connectivity index is 1.48. The van der Waals surface area contributed by atoms with Crippen LogP contribution in [0.15, 0.2) is 78.4 Å². The smallest absolute Gasteiger partial charge is 0.335 e. The van der Waals surface area contributed by atoms with E-state index in [4.69, 9.17) is 16.3 Å². The van der Waals surface area contributed by atoms with Crippen LogP contribution in [0.25, 0.3) is 6.08 Å². The molecule has 5 amide bonds. The van der Waals surface area contributed by atoms with Crippen LogP contribution in [0.2, 0.25) is 5.02 Å². The first kappa shape index (κ1) is 23.7. The van der Waals surface area contributed by atoms with Gasteiger partial charge in [-0.05, 0) is 66.2 Å². The van der Waals surface area contributed by atoms with Crippen LogP contribution in [0.5, 0.6) is 5.75 Å². The zero-order chi connectivity index (χ0) is 24.9. The van der Waals surface area contributed by atoms with Gasteiger partial charge >= 0.3 is 6.03 Å². The van der Waals surface area contributed by atoms with E-state index >= 15 is 0 Å². The molecule has 1 heterocycles. The Bertz CT molecular complexity index is 1360. The molecule has 0 unspecified atom stereocenters. The maximum atomic E-state index is 13.0. The number of hydrogen-bond acceptors (Lipinski definition) is 5. The van der Waals surface area contributed by atoms with Gasteiger partial charge in [-0.3, -0.25) is 19.7 Å². The number of benzene rings is 3. The highest BCUT2D eigenvalue weighted by Gasteiger charge is 2.36. The molecule has 1 aliphatic rings. The third kappa shape index (κ3) is 5.71. The van der Waals surface area contributed by atoms with Gasteiger partial charge in [0.05, 0.1) is 5.69 Å². The van der Waals surface area contributed by atoms with Crippen molar-refractivity contribution in [2.24, 2.45) is 0 Å². The second-order valence-corrected chi connectivity index (χ2v) is 7.79. The van der Waals surface area contributed by atoms with Crippen LogP contribution in [0, 0.1) is 5.82 Å². The van der Waals surface area contributed by atoms with E-state index in [1.807, 2.05) is 0 Å². The summed E-state index contributed by atoms with van der Waals surface area (Å²) in [5.74, 6) is -2.23. The summed E-state index contributed by atoms with van der Waals surface area (Å²) in [5.41, 5.74) is 0.790. The number of urea groups is 1. The van der Waals surface area contributed by atoms with Crippen molar-refractivity contribution < 1.29 is 28.3 Å². The number of nitrogens with one attached hydrogen (secondary N) is 2. The van der Waals surface area contributed by atoms with E-state index in [9.17, 15) is 23.6 Å². The molecule has 2 N–H and O–H groups in total. The van der Waals surface area contributed by atoms with Crippen molar-refractivity contribution in [1.29, 1.82) is 0 Å². The first-order chi connectivity index (χ1) is 16.8. The Kier molecular flexibility index (Phi) is 6.88. The highest BCUT2D eigenvalue weighted by Crippen LogP contribution is 2.25. The molecule has 0 atom stereocenters. The molecule has 4 rings (SSSR count). The van der Waals surface area contributed by atoms with Crippen molar-refractivity contribution >= 4 is 52.8 Å². The average molecular weight is 494 g/mol. The third-order valence-corrected chi connectivity index (χ3v) is 5.07. The number of imide groups is 2. The number of rotatable bonds is 6. The first-order valence-electron chi connectivity index (χ1n) is 10.3. The maximum absolute atomic E-state index is 13.0. The molecule has 0 aliphatic carbocycles. The molecule has 0 spiro atoms. The summed E-state index contributed by atoms with van der Waals surface area (Å²) >= 11 is 5.97. The van der Waals surface area contributed by atoms with Crippen molar-refractivity contribution in [2.45, 2.75) is 0 Å². The number of amides is 5. The van der Waals surface area contributed by atoms with E-state index in [1.54, 1.807) is 30.3 Å². The topological polar surface area (TPSA) is 105 Å². The molecular formula is C25H17ClFN3O5. The molecule has 1 fully saturated rings. The Morgan fingerprint density at radius 3 is 2.51 bits per heavy atom. The van der Waals surface area contributed by atoms with Crippen molar-refractivity contribution in [2.75, 3.05) is 16.8 Å². The van der Waals surface area contributed by atoms with Gasteiger partial charge in [-0.25, -0.2) is 14.1 Å². The minimum Gasteiger partial charge on any atom is -0.484 e. The molecule has 0 saturated carbocycles. The highest BCUT2D eigenvalue weighted by atomic mass is 35.5. The van der Waals surface area contributed by atoms with E-state index in [-0.39, 0.29) is 17.9 Å². The van der Waals surface area contributed by atoms with Crippen molar-refractivity contribution in [3.8, 4) is 5.75 Å². The van der Waals surface area contributed by atoms with E-state index < -0.39 is 29.6 Å². The third-order valence-electron chi connectivity index (χ3n) is 4.84.